The lowest BCUT2D eigenvalue weighted by Crippen LogP contribution is -2.54. The molecular formula is C22H28N4O6S. The number of methoxy groups -OCH3 is 1. The minimum absolute atomic E-state index is 0.0603. The van der Waals surface area contributed by atoms with E-state index in [9.17, 15) is 18.0 Å². The summed E-state index contributed by atoms with van der Waals surface area (Å²) >= 11 is 0. The van der Waals surface area contributed by atoms with Gasteiger partial charge in [-0.25, -0.2) is 18.2 Å². The van der Waals surface area contributed by atoms with E-state index in [-0.39, 0.29) is 10.8 Å². The van der Waals surface area contributed by atoms with E-state index in [2.05, 4.69) is 9.71 Å². The Balaban J connectivity index is 1.55. The standard InChI is InChI=1S/C22H28N4O6S/c1-4-32-22(28)17-5-10-20(23-15-17)25-11-13-26(14-12-25)21(27)16(2)24-33(29,30)19-8-6-18(31-3)7-9-19/h5-10,15-16,24H,4,11-14H2,1-3H3/t16-/m0/s1. The molecule has 0 aliphatic carbocycles. The van der Waals surface area contributed by atoms with Gasteiger partial charge in [0, 0.05) is 32.4 Å². The minimum atomic E-state index is -3.85. The number of pyridine rings is 1. The number of carbonyl (C=O) groups excluding carboxylic acids is 2. The zero-order valence-corrected chi connectivity index (χ0v) is 19.7. The molecule has 178 valence electrons. The van der Waals surface area contributed by atoms with Gasteiger partial charge in [-0.1, -0.05) is 0 Å². The second kappa shape index (κ2) is 10.6. The third-order valence-electron chi connectivity index (χ3n) is 5.25. The number of ether oxygens (including phenoxy) is 2. The first-order valence-corrected chi connectivity index (χ1v) is 12.1. The fraction of sp³-hybridized carbons (Fsp3) is 0.409. The third-order valence-corrected chi connectivity index (χ3v) is 6.80. The van der Waals surface area contributed by atoms with Crippen LogP contribution in [0, 0.1) is 0 Å². The highest BCUT2D eigenvalue weighted by Gasteiger charge is 2.28. The number of aromatic nitrogens is 1. The summed E-state index contributed by atoms with van der Waals surface area (Å²) in [6, 6.07) is 8.45. The van der Waals surface area contributed by atoms with E-state index in [4.69, 9.17) is 9.47 Å². The van der Waals surface area contributed by atoms with Crippen LogP contribution < -0.4 is 14.4 Å². The number of nitrogens with one attached hydrogen (secondary N) is 1. The van der Waals surface area contributed by atoms with Gasteiger partial charge in [0.2, 0.25) is 15.9 Å². The Morgan fingerprint density at radius 1 is 1.09 bits per heavy atom. The lowest BCUT2D eigenvalue weighted by Gasteiger charge is -2.36. The topological polar surface area (TPSA) is 118 Å². The molecule has 1 amide bonds. The van der Waals surface area contributed by atoms with Crippen molar-refractivity contribution in [2.45, 2.75) is 24.8 Å². The number of esters is 1. The van der Waals surface area contributed by atoms with Gasteiger partial charge < -0.3 is 19.3 Å². The van der Waals surface area contributed by atoms with E-state index in [0.29, 0.717) is 49.9 Å². The van der Waals surface area contributed by atoms with Crippen LogP contribution in [0.15, 0.2) is 47.5 Å². The molecular weight excluding hydrogens is 448 g/mol. The molecule has 1 fully saturated rings. The van der Waals surface area contributed by atoms with Crippen molar-refractivity contribution >= 4 is 27.7 Å². The lowest BCUT2D eigenvalue weighted by atomic mass is 10.2. The zero-order chi connectivity index (χ0) is 24.0. The van der Waals surface area contributed by atoms with E-state index in [1.54, 1.807) is 36.1 Å². The Morgan fingerprint density at radius 3 is 2.30 bits per heavy atom. The largest absolute Gasteiger partial charge is 0.497 e. The molecule has 0 unspecified atom stereocenters. The number of anilines is 1. The number of hydrogen-bond acceptors (Lipinski definition) is 8. The number of rotatable bonds is 8. The van der Waals surface area contributed by atoms with E-state index in [1.807, 2.05) is 4.90 Å². The molecule has 1 aromatic carbocycles. The number of carbonyl (C=O) groups is 2. The SMILES string of the molecule is CCOC(=O)c1ccc(N2CCN(C(=O)[C@H](C)NS(=O)(=O)c3ccc(OC)cc3)CC2)nc1. The van der Waals surface area contributed by atoms with Crippen molar-refractivity contribution in [2.75, 3.05) is 44.8 Å². The van der Waals surface area contributed by atoms with Crippen molar-refractivity contribution < 1.29 is 27.5 Å². The lowest BCUT2D eigenvalue weighted by molar-refractivity contribution is -0.132. The third kappa shape index (κ3) is 5.99. The molecule has 33 heavy (non-hydrogen) atoms. The molecule has 3 rings (SSSR count). The van der Waals surface area contributed by atoms with Crippen LogP contribution in [-0.2, 0) is 19.6 Å². The Kier molecular flexibility index (Phi) is 7.88. The van der Waals surface area contributed by atoms with E-state index < -0.39 is 22.0 Å². The fourth-order valence-electron chi connectivity index (χ4n) is 3.44. The maximum absolute atomic E-state index is 12.8. The number of nitrogens with zero attached hydrogens (tertiary/aromatic N) is 3. The van der Waals surface area contributed by atoms with Crippen LogP contribution in [0.3, 0.4) is 0 Å². The van der Waals surface area contributed by atoms with Crippen molar-refractivity contribution in [3.63, 3.8) is 0 Å². The smallest absolute Gasteiger partial charge is 0.339 e. The summed E-state index contributed by atoms with van der Waals surface area (Å²) in [6.07, 6.45) is 1.47. The van der Waals surface area contributed by atoms with Crippen LogP contribution >= 0.6 is 0 Å². The summed E-state index contributed by atoms with van der Waals surface area (Å²) in [7, 11) is -2.35. The molecule has 1 aromatic heterocycles. The van der Waals surface area contributed by atoms with Crippen LogP contribution in [0.25, 0.3) is 0 Å². The summed E-state index contributed by atoms with van der Waals surface area (Å²) in [4.78, 5) is 32.6. The fourth-order valence-corrected chi connectivity index (χ4v) is 4.64. The normalized spacial score (nSPS) is 15.1. The van der Waals surface area contributed by atoms with Crippen LogP contribution in [0.1, 0.15) is 24.2 Å². The molecule has 11 heteroatoms. The van der Waals surface area contributed by atoms with Crippen LogP contribution in [0.5, 0.6) is 5.75 Å². The molecule has 0 radical (unpaired) electrons. The average Bonchev–Trinajstić information content (AvgIpc) is 2.83. The molecule has 10 nitrogen and oxygen atoms in total. The number of sulfonamides is 1. The van der Waals surface area contributed by atoms with Crippen molar-refractivity contribution in [3.8, 4) is 5.75 Å². The van der Waals surface area contributed by atoms with Gasteiger partial charge in [-0.05, 0) is 50.2 Å². The van der Waals surface area contributed by atoms with Crippen molar-refractivity contribution in [2.24, 2.45) is 0 Å². The first-order chi connectivity index (χ1) is 15.7. The Hall–Kier alpha value is -3.18. The van der Waals surface area contributed by atoms with Crippen LogP contribution in [0.4, 0.5) is 5.82 Å². The molecule has 0 spiro atoms. The zero-order valence-electron chi connectivity index (χ0n) is 18.9. The molecule has 2 aromatic rings. The van der Waals surface area contributed by atoms with E-state index in [1.165, 1.54) is 32.4 Å². The Labute approximate surface area is 193 Å². The maximum atomic E-state index is 12.8. The number of hydrogen-bond donors (Lipinski definition) is 1. The predicted octanol–water partition coefficient (Wildman–Crippen LogP) is 1.28. The average molecular weight is 477 g/mol. The first kappa shape index (κ1) is 24.5. The van der Waals surface area contributed by atoms with Gasteiger partial charge in [0.05, 0.1) is 30.2 Å². The number of piperazine rings is 1. The van der Waals surface area contributed by atoms with Gasteiger partial charge in [-0.15, -0.1) is 0 Å². The number of benzene rings is 1. The molecule has 1 N–H and O–H groups in total. The number of amides is 1. The minimum Gasteiger partial charge on any atom is -0.497 e. The summed E-state index contributed by atoms with van der Waals surface area (Å²) < 4.78 is 37.7. The highest BCUT2D eigenvalue weighted by molar-refractivity contribution is 7.89. The molecule has 2 heterocycles. The van der Waals surface area contributed by atoms with Gasteiger partial charge >= 0.3 is 5.97 Å². The molecule has 0 saturated carbocycles. The summed E-state index contributed by atoms with van der Waals surface area (Å²) in [6.45, 7) is 5.50. The van der Waals surface area contributed by atoms with Crippen molar-refractivity contribution in [3.05, 3.63) is 48.2 Å². The monoisotopic (exact) mass is 476 g/mol. The Bertz CT molecular complexity index is 1070. The highest BCUT2D eigenvalue weighted by Crippen LogP contribution is 2.17. The molecule has 1 atom stereocenters. The van der Waals surface area contributed by atoms with Gasteiger partial charge in [0.15, 0.2) is 0 Å². The summed E-state index contributed by atoms with van der Waals surface area (Å²) in [5, 5.41) is 0. The molecule has 1 aliphatic rings. The maximum Gasteiger partial charge on any atom is 0.339 e. The van der Waals surface area contributed by atoms with Crippen molar-refractivity contribution in [1.82, 2.24) is 14.6 Å². The van der Waals surface area contributed by atoms with Crippen molar-refractivity contribution in [1.29, 1.82) is 0 Å². The molecule has 0 bridgehead atoms. The first-order valence-electron chi connectivity index (χ1n) is 10.6. The van der Waals surface area contributed by atoms with Gasteiger partial charge in [0.1, 0.15) is 11.6 Å². The van der Waals surface area contributed by atoms with Crippen LogP contribution in [-0.4, -0.2) is 76.1 Å². The van der Waals surface area contributed by atoms with Gasteiger partial charge in [-0.3, -0.25) is 4.79 Å². The van der Waals surface area contributed by atoms with E-state index >= 15 is 0 Å². The van der Waals surface area contributed by atoms with Gasteiger partial charge in [0.25, 0.3) is 0 Å². The van der Waals surface area contributed by atoms with Crippen LogP contribution in [0.2, 0.25) is 0 Å². The molecule has 1 saturated heterocycles. The molecule has 1 aliphatic heterocycles. The predicted molar refractivity (Wildman–Crippen MR) is 122 cm³/mol. The van der Waals surface area contributed by atoms with Gasteiger partial charge in [-0.2, -0.15) is 4.72 Å². The quantitative estimate of drug-likeness (QED) is 0.566. The highest BCUT2D eigenvalue weighted by atomic mass is 32.2. The summed E-state index contributed by atoms with van der Waals surface area (Å²) in [5.74, 6) is 0.528. The second-order valence-corrected chi connectivity index (χ2v) is 9.17. The summed E-state index contributed by atoms with van der Waals surface area (Å²) in [5.41, 5.74) is 0.382. The Morgan fingerprint density at radius 2 is 1.76 bits per heavy atom. The van der Waals surface area contributed by atoms with E-state index in [0.717, 1.165) is 0 Å². The second-order valence-electron chi connectivity index (χ2n) is 7.46.